The molecule has 363 valence electrons. The molecule has 8 rings (SSSR count). The Kier molecular flexibility index (Phi) is 14.8. The molecule has 3 saturated heterocycles. The van der Waals surface area contributed by atoms with Gasteiger partial charge in [-0.1, -0.05) is 33.8 Å². The minimum absolute atomic E-state index is 0.117. The molecule has 0 aliphatic carbocycles. The zero-order valence-electron chi connectivity index (χ0n) is 41.2. The van der Waals surface area contributed by atoms with Gasteiger partial charge in [0.25, 0.3) is 0 Å². The number of likely N-dealkylation sites (N-methyl/N-ethyl adjacent to an activating group) is 1. The second kappa shape index (κ2) is 20.1. The largest absolute Gasteiger partial charge is 0.464 e. The van der Waals surface area contributed by atoms with Crippen LogP contribution in [0.2, 0.25) is 5.54 Å². The van der Waals surface area contributed by atoms with Gasteiger partial charge in [0.1, 0.15) is 12.1 Å². The summed E-state index contributed by atoms with van der Waals surface area (Å²) in [5, 5.41) is 4.53. The summed E-state index contributed by atoms with van der Waals surface area (Å²) in [5.41, 5.74) is 8.46. The average Bonchev–Trinajstić information content (AvgIpc) is 4.05. The van der Waals surface area contributed by atoms with Gasteiger partial charge in [0, 0.05) is 97.9 Å². The van der Waals surface area contributed by atoms with E-state index in [0.717, 1.165) is 88.5 Å². The van der Waals surface area contributed by atoms with Crippen molar-refractivity contribution in [3.05, 3.63) is 58.2 Å². The highest BCUT2D eigenvalue weighted by molar-refractivity contribution is 7.10. The number of fused-ring (bicyclic) bond motifs is 6. The van der Waals surface area contributed by atoms with Crippen molar-refractivity contribution in [2.75, 3.05) is 54.0 Å². The minimum Gasteiger partial charge on any atom is -0.464 e. The number of amides is 4. The summed E-state index contributed by atoms with van der Waals surface area (Å²) < 4.78 is 14.4. The number of aromatic nitrogens is 3. The number of nitrogens with one attached hydrogen (secondary N) is 2. The van der Waals surface area contributed by atoms with E-state index in [9.17, 15) is 19.2 Å². The van der Waals surface area contributed by atoms with Crippen LogP contribution in [0.1, 0.15) is 96.3 Å². The lowest BCUT2D eigenvalue weighted by Gasteiger charge is -2.46. The van der Waals surface area contributed by atoms with Crippen molar-refractivity contribution < 1.29 is 28.7 Å². The van der Waals surface area contributed by atoms with Gasteiger partial charge in [0.05, 0.1) is 49.7 Å². The molecule has 18 heteroatoms. The molecule has 1 spiro atoms. The number of nitrogens with zero attached hydrogens (tertiary/aromatic N) is 7. The molecule has 0 saturated carbocycles. The normalized spacial score (nSPS) is 22.5. The van der Waals surface area contributed by atoms with Crippen LogP contribution in [-0.4, -0.2) is 150 Å². The Labute approximate surface area is 411 Å². The van der Waals surface area contributed by atoms with Crippen molar-refractivity contribution in [3.63, 3.8) is 0 Å². The van der Waals surface area contributed by atoms with Gasteiger partial charge in [-0.2, -0.15) is 0 Å². The molecule has 5 radical (unpaired) electrons. The van der Waals surface area contributed by atoms with Crippen LogP contribution in [0.15, 0.2) is 41.9 Å². The lowest BCUT2D eigenvalue weighted by Crippen LogP contribution is -2.60. The number of benzene rings is 1. The summed E-state index contributed by atoms with van der Waals surface area (Å²) in [6.07, 6.45) is 7.53. The third kappa shape index (κ3) is 9.95. The molecular formula is C50H68N9O6SSi2. The fourth-order valence-electron chi connectivity index (χ4n) is 10.8. The van der Waals surface area contributed by atoms with Crippen LogP contribution in [-0.2, 0) is 48.5 Å². The zero-order valence-corrected chi connectivity index (χ0v) is 44.1. The number of carbonyl (C=O) groups is 4. The molecule has 1 aromatic carbocycles. The Morgan fingerprint density at radius 1 is 1.13 bits per heavy atom. The van der Waals surface area contributed by atoms with Crippen molar-refractivity contribution in [3.8, 4) is 22.5 Å². The molecule has 0 unspecified atom stereocenters. The van der Waals surface area contributed by atoms with Crippen molar-refractivity contribution in [2.45, 2.75) is 128 Å². The summed E-state index contributed by atoms with van der Waals surface area (Å²) in [4.78, 5) is 76.4. The molecule has 4 aliphatic heterocycles. The monoisotopic (exact) mass is 978 g/mol. The van der Waals surface area contributed by atoms with Crippen LogP contribution in [0.4, 0.5) is 4.79 Å². The highest BCUT2D eigenvalue weighted by atomic mass is 32.1. The Hall–Kier alpha value is -4.47. The minimum atomic E-state index is -0.862. The number of aryl methyl sites for hydroxylation is 1. The molecule has 3 fully saturated rings. The van der Waals surface area contributed by atoms with Crippen LogP contribution in [0.25, 0.3) is 33.4 Å². The topological polar surface area (TPSA) is 154 Å². The Bertz CT molecular complexity index is 2520. The molecule has 4 amide bonds. The predicted molar refractivity (Wildman–Crippen MR) is 267 cm³/mol. The maximum absolute atomic E-state index is 14.7. The third-order valence-electron chi connectivity index (χ3n) is 14.7. The summed E-state index contributed by atoms with van der Waals surface area (Å²) in [7, 11) is 9.07. The highest BCUT2D eigenvalue weighted by Gasteiger charge is 2.47. The number of esters is 1. The molecule has 4 atom stereocenters. The van der Waals surface area contributed by atoms with E-state index in [1.807, 2.05) is 37.1 Å². The lowest BCUT2D eigenvalue weighted by molar-refractivity contribution is -0.154. The van der Waals surface area contributed by atoms with E-state index in [-0.39, 0.29) is 52.0 Å². The molecule has 6 bridgehead atoms. The van der Waals surface area contributed by atoms with Gasteiger partial charge in [-0.05, 0) is 102 Å². The molecule has 4 aliphatic rings. The summed E-state index contributed by atoms with van der Waals surface area (Å²) in [6, 6.07) is 8.91. The van der Waals surface area contributed by atoms with Crippen molar-refractivity contribution in [1.82, 2.24) is 44.7 Å². The zero-order chi connectivity index (χ0) is 48.7. The number of urea groups is 1. The Balaban J connectivity index is 1.13. The molecule has 15 nitrogen and oxygen atoms in total. The standard InChI is InChI=1S/C50H68N9O6SSi2/c1-10-57-38-17-16-32-26-34(38)35(42(57)33-14-11-21-51-43(33)49(6,67)64-9)28-48(4,5)30-65-46(62)36-15-12-23-59(53-36)45(61)39(27-40-52-37(32)29-66-40)68-54-44(60)41(31(2)3)56(8)47(63)58-22-13-18-50(58)19-24-55(7)25-20-50/h11,14,16-17,21,26,29,31,36,39,41,53H,10,12-13,15,18-20,22-25,27-28,30H2,1-9H3,(H,54,60)/t36-,39-,41-,49+/m0/s1. The Morgan fingerprint density at radius 3 is 2.62 bits per heavy atom. The first-order valence-corrected chi connectivity index (χ1v) is 26.7. The van der Waals surface area contributed by atoms with E-state index in [1.165, 1.54) is 16.3 Å². The fourth-order valence-corrected chi connectivity index (χ4v) is 13.1. The van der Waals surface area contributed by atoms with Crippen LogP contribution in [0.3, 0.4) is 0 Å². The van der Waals surface area contributed by atoms with Gasteiger partial charge in [-0.3, -0.25) is 24.4 Å². The molecule has 3 aromatic heterocycles. The van der Waals surface area contributed by atoms with E-state index in [2.05, 4.69) is 82.2 Å². The molecular weight excluding hydrogens is 911 g/mol. The van der Waals surface area contributed by atoms with E-state index < -0.39 is 34.2 Å². The van der Waals surface area contributed by atoms with Gasteiger partial charge in [0.15, 0.2) is 9.68 Å². The van der Waals surface area contributed by atoms with E-state index >= 15 is 0 Å². The number of piperidine rings is 1. The summed E-state index contributed by atoms with van der Waals surface area (Å²) >= 11 is 1.49. The second-order valence-electron chi connectivity index (χ2n) is 20.6. The second-order valence-corrected chi connectivity index (χ2v) is 23.7. The smallest absolute Gasteiger partial charge is 0.324 e. The molecule has 2 N–H and O–H groups in total. The summed E-state index contributed by atoms with van der Waals surface area (Å²) in [6.45, 7) is 16.0. The summed E-state index contributed by atoms with van der Waals surface area (Å²) in [5.74, 6) is -1.12. The van der Waals surface area contributed by atoms with E-state index in [4.69, 9.17) is 19.4 Å². The van der Waals surface area contributed by atoms with Crippen molar-refractivity contribution in [2.24, 2.45) is 11.3 Å². The highest BCUT2D eigenvalue weighted by Crippen LogP contribution is 2.43. The van der Waals surface area contributed by atoms with Crippen LogP contribution in [0, 0.1) is 11.3 Å². The molecule has 4 aromatic rings. The fraction of sp³-hybridized carbons (Fsp3) is 0.600. The van der Waals surface area contributed by atoms with Crippen molar-refractivity contribution >= 4 is 66.0 Å². The maximum atomic E-state index is 14.7. The molecule has 7 heterocycles. The number of hydrogen-bond acceptors (Lipinski definition) is 11. The lowest BCUT2D eigenvalue weighted by atomic mass is 9.84. The van der Waals surface area contributed by atoms with Crippen LogP contribution >= 0.6 is 11.3 Å². The van der Waals surface area contributed by atoms with Crippen LogP contribution < -0.4 is 10.4 Å². The van der Waals surface area contributed by atoms with Gasteiger partial charge in [0.2, 0.25) is 11.8 Å². The first kappa shape index (κ1) is 49.9. The maximum Gasteiger partial charge on any atom is 0.324 e. The van der Waals surface area contributed by atoms with Gasteiger partial charge >= 0.3 is 12.0 Å². The van der Waals surface area contributed by atoms with Gasteiger partial charge in [-0.15, -0.1) is 11.3 Å². The average molecular weight is 979 g/mol. The number of rotatable bonds is 9. The first-order chi connectivity index (χ1) is 32.4. The Morgan fingerprint density at radius 2 is 1.90 bits per heavy atom. The number of ether oxygens (including phenoxy) is 2. The quantitative estimate of drug-likeness (QED) is 0.147. The van der Waals surface area contributed by atoms with Crippen molar-refractivity contribution in [1.29, 1.82) is 0 Å². The van der Waals surface area contributed by atoms with E-state index in [0.29, 0.717) is 38.9 Å². The van der Waals surface area contributed by atoms with Gasteiger partial charge < -0.3 is 33.7 Å². The SMILES string of the molecule is CCn1c(-c2cccnc2[C@@](C)([Si])OC)c2c3cc(ccc31)-c1csc(n1)C[C@H]([Si]NC(=O)[C@H](C(C)C)N(C)C(=O)N1CCCC13CCN(C)CC3)C(=O)N1CCC[C@H](N1)C(=O)OCC(C)(C)C2. The number of carbonyl (C=O) groups excluding carboxylic acids is 4. The number of likely N-dealkylation sites (tertiary alicyclic amines) is 2. The van der Waals surface area contributed by atoms with E-state index in [1.54, 1.807) is 25.3 Å². The third-order valence-corrected chi connectivity index (χ3v) is 17.2. The van der Waals surface area contributed by atoms with Gasteiger partial charge in [-0.25, -0.2) is 15.2 Å². The number of thiazole rings is 1. The number of pyridine rings is 1. The number of hydrogen-bond donors (Lipinski definition) is 2. The number of cyclic esters (lactones) is 1. The number of methoxy groups -OCH3 is 1. The molecule has 68 heavy (non-hydrogen) atoms. The number of hydrazine groups is 1. The first-order valence-electron chi connectivity index (χ1n) is 24.3. The predicted octanol–water partition coefficient (Wildman–Crippen LogP) is 6.16. The van der Waals surface area contributed by atoms with Crippen LogP contribution in [0.5, 0.6) is 0 Å².